The Morgan fingerprint density at radius 2 is 1.00 bits per heavy atom. The Balaban J connectivity index is 0.00000240. The van der Waals surface area contributed by atoms with Gasteiger partial charge in [0.25, 0.3) is 0 Å². The normalized spacial score (nSPS) is 11.1. The Bertz CT molecular complexity index is 2340. The Morgan fingerprint density at radius 1 is 0.528 bits per heavy atom. The van der Waals surface area contributed by atoms with Crippen molar-refractivity contribution in [1.29, 1.82) is 0 Å². The number of nitrogens with zero attached hydrogens (tertiary/aromatic N) is 6. The number of ether oxygens (including phenoxy) is 2. The molecule has 8 nitrogen and oxygen atoms in total. The topological polar surface area (TPSA) is 87.8 Å². The van der Waals surface area contributed by atoms with Gasteiger partial charge in [0, 0.05) is 35.4 Å². The SMILES string of the molecule is CC(C)c1cc(Oc2[c-]c(-c3ccccn3)ccc2)[c-]c2c1c1c(C(C)C)cc(Oc3[c-]c(-c4ccccn4)ccc3)[c-]c1n2-c1ncncn1.[Pt+2].[Pt+2]. The van der Waals surface area contributed by atoms with Crippen LogP contribution in [0.1, 0.15) is 50.7 Å². The molecule has 8 aromatic rings. The minimum Gasteiger partial charge on any atom is -0.503 e. The molecule has 266 valence electrons. The molecule has 0 bridgehead atoms. The third-order valence-corrected chi connectivity index (χ3v) is 8.59. The van der Waals surface area contributed by atoms with Gasteiger partial charge >= 0.3 is 42.1 Å². The second kappa shape index (κ2) is 16.3. The minimum atomic E-state index is 0. The summed E-state index contributed by atoms with van der Waals surface area (Å²) in [6.07, 6.45) is 6.51. The van der Waals surface area contributed by atoms with Gasteiger partial charge in [0.2, 0.25) is 5.95 Å². The van der Waals surface area contributed by atoms with Crippen LogP contribution in [-0.4, -0.2) is 29.5 Å². The van der Waals surface area contributed by atoms with Gasteiger partial charge in [-0.3, -0.25) is 0 Å². The second-order valence-electron chi connectivity index (χ2n) is 12.7. The second-order valence-corrected chi connectivity index (χ2v) is 12.7. The van der Waals surface area contributed by atoms with Crippen molar-refractivity contribution in [2.24, 2.45) is 0 Å². The monoisotopic (exact) mass is 1050 g/mol. The van der Waals surface area contributed by atoms with Gasteiger partial charge in [-0.1, -0.05) is 75.1 Å². The third kappa shape index (κ3) is 7.71. The number of hydrogen-bond acceptors (Lipinski definition) is 7. The maximum absolute atomic E-state index is 6.50. The van der Waals surface area contributed by atoms with E-state index < -0.39 is 0 Å². The molecule has 4 aromatic carbocycles. The number of hydrogen-bond donors (Lipinski definition) is 0. The number of fused-ring (bicyclic) bond motifs is 3. The maximum Gasteiger partial charge on any atom is 2.00 e. The van der Waals surface area contributed by atoms with Crippen molar-refractivity contribution in [3.8, 4) is 51.5 Å². The average molecular weight is 1050 g/mol. The number of aromatic nitrogens is 6. The van der Waals surface area contributed by atoms with E-state index in [0.29, 0.717) is 28.9 Å². The van der Waals surface area contributed by atoms with Crippen molar-refractivity contribution in [1.82, 2.24) is 29.5 Å². The molecule has 4 heterocycles. The van der Waals surface area contributed by atoms with Crippen molar-refractivity contribution >= 4 is 21.8 Å². The zero-order valence-electron chi connectivity index (χ0n) is 29.2. The smallest absolute Gasteiger partial charge is 0.503 e. The summed E-state index contributed by atoms with van der Waals surface area (Å²) in [6.45, 7) is 8.72. The number of rotatable bonds is 9. The molecule has 0 fully saturated rings. The van der Waals surface area contributed by atoms with Crippen LogP contribution in [0.4, 0.5) is 0 Å². The molecule has 4 aromatic heterocycles. The van der Waals surface area contributed by atoms with Crippen LogP contribution in [0, 0.1) is 24.3 Å². The van der Waals surface area contributed by atoms with E-state index in [-0.39, 0.29) is 54.0 Å². The summed E-state index contributed by atoms with van der Waals surface area (Å²) in [7, 11) is 0. The van der Waals surface area contributed by atoms with E-state index >= 15 is 0 Å². The van der Waals surface area contributed by atoms with E-state index in [2.05, 4.69) is 89.0 Å². The van der Waals surface area contributed by atoms with Gasteiger partial charge in [-0.2, -0.15) is 21.9 Å². The van der Waals surface area contributed by atoms with Gasteiger partial charge in [-0.05, 0) is 35.4 Å². The Hall–Kier alpha value is -5.03. The number of pyridine rings is 2. The first kappa shape index (κ1) is 37.7. The summed E-state index contributed by atoms with van der Waals surface area (Å²) in [4.78, 5) is 22.2. The van der Waals surface area contributed by atoms with Crippen LogP contribution in [0.15, 0.2) is 110 Å². The summed E-state index contributed by atoms with van der Waals surface area (Å²) >= 11 is 0. The summed E-state index contributed by atoms with van der Waals surface area (Å²) in [5.41, 5.74) is 7.02. The zero-order chi connectivity index (χ0) is 34.9. The van der Waals surface area contributed by atoms with Crippen LogP contribution >= 0.6 is 0 Å². The van der Waals surface area contributed by atoms with Crippen LogP contribution in [0.5, 0.6) is 23.0 Å². The molecule has 0 spiro atoms. The molecule has 0 saturated heterocycles. The maximum atomic E-state index is 6.50. The van der Waals surface area contributed by atoms with E-state index in [4.69, 9.17) is 9.47 Å². The molecule has 0 radical (unpaired) electrons. The predicted molar refractivity (Wildman–Crippen MR) is 197 cm³/mol. The molecular weight excluding hydrogens is 1020 g/mol. The van der Waals surface area contributed by atoms with Crippen LogP contribution in [0.2, 0.25) is 0 Å². The van der Waals surface area contributed by atoms with Gasteiger partial charge in [-0.15, -0.1) is 71.8 Å². The largest absolute Gasteiger partial charge is 2.00 e. The fraction of sp³-hybridized carbons (Fsp3) is 0.140. The molecule has 0 unspecified atom stereocenters. The van der Waals surface area contributed by atoms with Crippen molar-refractivity contribution in [3.05, 3.63) is 145 Å². The van der Waals surface area contributed by atoms with Crippen molar-refractivity contribution < 1.29 is 51.6 Å². The van der Waals surface area contributed by atoms with E-state index in [1.54, 1.807) is 12.4 Å². The van der Waals surface area contributed by atoms with Crippen LogP contribution in [0.25, 0.3) is 50.3 Å². The summed E-state index contributed by atoms with van der Waals surface area (Å²) in [6, 6.07) is 41.2. The van der Waals surface area contributed by atoms with Crippen molar-refractivity contribution in [2.45, 2.75) is 39.5 Å². The first-order chi connectivity index (χ1) is 24.9. The van der Waals surface area contributed by atoms with Crippen molar-refractivity contribution in [3.63, 3.8) is 0 Å². The standard InChI is InChI=1S/C43H32N6O2.2Pt/c1-27(2)35-21-33(50-31-13-9-11-29(19-31)37-15-5-7-17-45-37)23-39-41(35)42-36(28(3)4)22-34(24-40(42)49(39)43-47-25-44-26-48-43)51-32-14-10-12-30(20-32)38-16-6-8-18-46-38;;/h5-18,21-22,25-28H,1-4H3;;/q-4;2*+2. The Morgan fingerprint density at radius 3 is 1.42 bits per heavy atom. The fourth-order valence-electron chi connectivity index (χ4n) is 6.27. The molecular formula is C43H32N6O2Pt2. The molecule has 0 saturated carbocycles. The molecule has 0 aliphatic heterocycles. The quantitative estimate of drug-likeness (QED) is 0.133. The molecule has 0 aliphatic rings. The first-order valence-corrected chi connectivity index (χ1v) is 16.8. The molecule has 0 atom stereocenters. The van der Waals surface area contributed by atoms with Gasteiger partial charge in [0.1, 0.15) is 12.7 Å². The zero-order valence-corrected chi connectivity index (χ0v) is 33.7. The van der Waals surface area contributed by atoms with Crippen LogP contribution in [0.3, 0.4) is 0 Å². The molecule has 8 rings (SSSR count). The van der Waals surface area contributed by atoms with Gasteiger partial charge in [0.15, 0.2) is 0 Å². The van der Waals surface area contributed by atoms with E-state index in [9.17, 15) is 0 Å². The number of benzene rings is 4. The van der Waals surface area contributed by atoms with Gasteiger partial charge in [0.05, 0.1) is 0 Å². The van der Waals surface area contributed by atoms with Gasteiger partial charge < -0.3 is 24.0 Å². The van der Waals surface area contributed by atoms with E-state index in [1.165, 1.54) is 12.7 Å². The molecule has 0 N–H and O–H groups in total. The molecule has 53 heavy (non-hydrogen) atoms. The Kier molecular flexibility index (Phi) is 11.6. The fourth-order valence-corrected chi connectivity index (χ4v) is 6.27. The van der Waals surface area contributed by atoms with E-state index in [1.807, 2.05) is 77.4 Å². The van der Waals surface area contributed by atoms with Crippen molar-refractivity contribution in [2.75, 3.05) is 0 Å². The third-order valence-electron chi connectivity index (χ3n) is 8.59. The van der Waals surface area contributed by atoms with Gasteiger partial charge in [-0.25, -0.2) is 15.0 Å². The summed E-state index contributed by atoms with van der Waals surface area (Å²) in [5, 5.41) is 2.07. The predicted octanol–water partition coefficient (Wildman–Crippen LogP) is 10.1. The molecule has 0 amide bonds. The first-order valence-electron chi connectivity index (χ1n) is 16.8. The Labute approximate surface area is 337 Å². The minimum absolute atomic E-state index is 0. The van der Waals surface area contributed by atoms with E-state index in [0.717, 1.165) is 55.4 Å². The summed E-state index contributed by atoms with van der Waals surface area (Å²) in [5.74, 6) is 2.92. The average Bonchev–Trinajstić information content (AvgIpc) is 3.49. The van der Waals surface area contributed by atoms with Crippen LogP contribution < -0.4 is 9.47 Å². The van der Waals surface area contributed by atoms with Crippen LogP contribution in [-0.2, 0) is 42.1 Å². The summed E-state index contributed by atoms with van der Waals surface area (Å²) < 4.78 is 15.0. The molecule has 10 heteroatoms. The molecule has 0 aliphatic carbocycles.